The summed E-state index contributed by atoms with van der Waals surface area (Å²) in [5.74, 6) is 0.347. The van der Waals surface area contributed by atoms with Gasteiger partial charge >= 0.3 is 0 Å². The molecule has 5 nitrogen and oxygen atoms in total. The molecule has 0 atom stereocenters. The van der Waals surface area contributed by atoms with Crippen LogP contribution in [-0.2, 0) is 12.7 Å². The van der Waals surface area contributed by atoms with Crippen LogP contribution in [0.3, 0.4) is 0 Å². The molecule has 0 bridgehead atoms. The standard InChI is InChI=1S/C15H14BrClFN5/c1-22-9-20-21-14(22)15(18)2-4-23(5-3-15)13-10(8-19)6-11(16)7-12(13)17/h6-7,9H,2-5H2,1H3. The van der Waals surface area contributed by atoms with Crippen molar-refractivity contribution in [2.45, 2.75) is 18.5 Å². The first-order chi connectivity index (χ1) is 10.9. The number of aromatic nitrogens is 3. The zero-order valence-electron chi connectivity index (χ0n) is 12.4. The first-order valence-corrected chi connectivity index (χ1v) is 8.29. The average molecular weight is 399 g/mol. The number of hydrogen-bond acceptors (Lipinski definition) is 4. The second-order valence-corrected chi connectivity index (χ2v) is 6.94. The van der Waals surface area contributed by atoms with Crippen molar-refractivity contribution < 1.29 is 4.39 Å². The molecule has 0 spiro atoms. The highest BCUT2D eigenvalue weighted by atomic mass is 79.9. The van der Waals surface area contributed by atoms with Gasteiger partial charge in [0.15, 0.2) is 11.5 Å². The van der Waals surface area contributed by atoms with Gasteiger partial charge in [0, 0.05) is 37.5 Å². The molecular weight excluding hydrogens is 385 g/mol. The molecule has 2 aromatic rings. The Balaban J connectivity index is 1.86. The van der Waals surface area contributed by atoms with Gasteiger partial charge < -0.3 is 9.47 Å². The molecular formula is C15H14BrClFN5. The van der Waals surface area contributed by atoms with E-state index < -0.39 is 5.67 Å². The van der Waals surface area contributed by atoms with Gasteiger partial charge in [0.05, 0.1) is 16.3 Å². The Hall–Kier alpha value is -1.65. The lowest BCUT2D eigenvalue weighted by Crippen LogP contribution is -2.42. The molecule has 0 radical (unpaired) electrons. The number of nitrogens with zero attached hydrogens (tertiary/aromatic N) is 5. The zero-order valence-corrected chi connectivity index (χ0v) is 14.8. The predicted molar refractivity (Wildman–Crippen MR) is 89.1 cm³/mol. The van der Waals surface area contributed by atoms with Gasteiger partial charge in [-0.25, -0.2) is 4.39 Å². The number of hydrogen-bond donors (Lipinski definition) is 0. The smallest absolute Gasteiger partial charge is 0.173 e. The number of benzene rings is 1. The number of piperidine rings is 1. The van der Waals surface area contributed by atoms with Crippen LogP contribution < -0.4 is 4.90 Å². The molecule has 120 valence electrons. The normalized spacial score (nSPS) is 17.1. The van der Waals surface area contributed by atoms with E-state index in [-0.39, 0.29) is 12.8 Å². The van der Waals surface area contributed by atoms with Gasteiger partial charge in [-0.3, -0.25) is 0 Å². The second-order valence-electron chi connectivity index (χ2n) is 5.61. The van der Waals surface area contributed by atoms with E-state index in [1.54, 1.807) is 23.7 Å². The summed E-state index contributed by atoms with van der Waals surface area (Å²) in [6.45, 7) is 0.915. The third-order valence-corrected chi connectivity index (χ3v) is 4.88. The maximum atomic E-state index is 15.2. The minimum absolute atomic E-state index is 0.275. The van der Waals surface area contributed by atoms with Crippen molar-refractivity contribution in [3.8, 4) is 6.07 Å². The molecule has 0 amide bonds. The minimum Gasteiger partial charge on any atom is -0.369 e. The van der Waals surface area contributed by atoms with Crippen molar-refractivity contribution in [1.82, 2.24) is 14.8 Å². The zero-order chi connectivity index (χ0) is 16.6. The Morgan fingerprint density at radius 2 is 2.09 bits per heavy atom. The summed E-state index contributed by atoms with van der Waals surface area (Å²) < 4.78 is 17.5. The highest BCUT2D eigenvalue weighted by Gasteiger charge is 2.40. The van der Waals surface area contributed by atoms with E-state index in [9.17, 15) is 5.26 Å². The number of halogens is 3. The summed E-state index contributed by atoms with van der Waals surface area (Å²) >= 11 is 9.63. The van der Waals surface area contributed by atoms with Gasteiger partial charge in [-0.2, -0.15) is 5.26 Å². The van der Waals surface area contributed by atoms with Crippen molar-refractivity contribution in [2.24, 2.45) is 7.05 Å². The van der Waals surface area contributed by atoms with Gasteiger partial charge in [0.1, 0.15) is 12.4 Å². The molecule has 2 heterocycles. The Labute approximate surface area is 146 Å². The number of aryl methyl sites for hydroxylation is 1. The van der Waals surface area contributed by atoms with Crippen LogP contribution in [-0.4, -0.2) is 27.9 Å². The van der Waals surface area contributed by atoms with Crippen molar-refractivity contribution >= 4 is 33.2 Å². The molecule has 23 heavy (non-hydrogen) atoms. The average Bonchev–Trinajstić information content (AvgIpc) is 2.95. The first kappa shape index (κ1) is 16.2. The molecule has 1 fully saturated rings. The molecule has 1 saturated heterocycles. The summed E-state index contributed by atoms with van der Waals surface area (Å²) in [6, 6.07) is 5.63. The van der Waals surface area contributed by atoms with Crippen LogP contribution in [0.5, 0.6) is 0 Å². The quantitative estimate of drug-likeness (QED) is 0.776. The molecule has 0 unspecified atom stereocenters. The predicted octanol–water partition coefficient (Wildman–Crippen LogP) is 3.57. The lowest BCUT2D eigenvalue weighted by molar-refractivity contribution is 0.109. The molecule has 3 rings (SSSR count). The third kappa shape index (κ3) is 2.93. The van der Waals surface area contributed by atoms with Gasteiger partial charge in [-0.05, 0) is 12.1 Å². The fourth-order valence-electron chi connectivity index (χ4n) is 2.97. The molecule has 0 aliphatic carbocycles. The van der Waals surface area contributed by atoms with Gasteiger partial charge in [0.2, 0.25) is 0 Å². The Morgan fingerprint density at radius 3 is 2.65 bits per heavy atom. The topological polar surface area (TPSA) is 57.7 Å². The molecule has 1 aliphatic rings. The summed E-state index contributed by atoms with van der Waals surface area (Å²) in [7, 11) is 1.74. The Kier molecular flexibility index (Phi) is 4.30. The van der Waals surface area contributed by atoms with E-state index in [2.05, 4.69) is 32.2 Å². The fraction of sp³-hybridized carbons (Fsp3) is 0.400. The van der Waals surface area contributed by atoms with Gasteiger partial charge in [-0.1, -0.05) is 27.5 Å². The second kappa shape index (κ2) is 6.10. The van der Waals surface area contributed by atoms with E-state index in [1.165, 1.54) is 6.33 Å². The highest BCUT2D eigenvalue weighted by Crippen LogP contribution is 2.40. The summed E-state index contributed by atoms with van der Waals surface area (Å²) in [4.78, 5) is 1.96. The van der Waals surface area contributed by atoms with Gasteiger partial charge in [-0.15, -0.1) is 10.2 Å². The molecule has 1 aromatic carbocycles. The van der Waals surface area contributed by atoms with E-state index in [4.69, 9.17) is 11.6 Å². The number of alkyl halides is 1. The fourth-order valence-corrected chi connectivity index (χ4v) is 3.90. The Bertz CT molecular complexity index is 777. The van der Waals surface area contributed by atoms with Crippen LogP contribution in [0.4, 0.5) is 10.1 Å². The van der Waals surface area contributed by atoms with Crippen LogP contribution in [0, 0.1) is 11.3 Å². The Morgan fingerprint density at radius 1 is 1.39 bits per heavy atom. The van der Waals surface area contributed by atoms with Crippen LogP contribution in [0.15, 0.2) is 22.9 Å². The van der Waals surface area contributed by atoms with Crippen LogP contribution in [0.2, 0.25) is 5.02 Å². The van der Waals surface area contributed by atoms with Gasteiger partial charge in [0.25, 0.3) is 0 Å². The number of rotatable bonds is 2. The lowest BCUT2D eigenvalue weighted by atomic mass is 9.91. The molecule has 1 aromatic heterocycles. The van der Waals surface area contributed by atoms with Crippen LogP contribution in [0.25, 0.3) is 0 Å². The minimum atomic E-state index is -1.50. The maximum Gasteiger partial charge on any atom is 0.173 e. The van der Waals surface area contributed by atoms with E-state index in [0.717, 1.165) is 4.47 Å². The molecule has 8 heteroatoms. The number of anilines is 1. The van der Waals surface area contributed by atoms with E-state index in [0.29, 0.717) is 35.2 Å². The summed E-state index contributed by atoms with van der Waals surface area (Å²) in [5, 5.41) is 17.5. The van der Waals surface area contributed by atoms with Crippen molar-refractivity contribution in [3.63, 3.8) is 0 Å². The van der Waals surface area contributed by atoms with Crippen LogP contribution in [0.1, 0.15) is 24.2 Å². The molecule has 0 saturated carbocycles. The monoisotopic (exact) mass is 397 g/mol. The van der Waals surface area contributed by atoms with E-state index in [1.807, 2.05) is 4.90 Å². The van der Waals surface area contributed by atoms with Crippen LogP contribution >= 0.6 is 27.5 Å². The van der Waals surface area contributed by atoms with Crippen molar-refractivity contribution in [3.05, 3.63) is 39.3 Å². The third-order valence-electron chi connectivity index (χ3n) is 4.13. The summed E-state index contributed by atoms with van der Waals surface area (Å²) in [6.07, 6.45) is 2.05. The summed E-state index contributed by atoms with van der Waals surface area (Å²) in [5.41, 5.74) is -0.358. The largest absolute Gasteiger partial charge is 0.369 e. The van der Waals surface area contributed by atoms with Crippen molar-refractivity contribution in [2.75, 3.05) is 18.0 Å². The molecule has 0 N–H and O–H groups in total. The first-order valence-electron chi connectivity index (χ1n) is 7.12. The molecule has 1 aliphatic heterocycles. The van der Waals surface area contributed by atoms with Crippen molar-refractivity contribution in [1.29, 1.82) is 5.26 Å². The number of nitriles is 1. The maximum absolute atomic E-state index is 15.2. The highest BCUT2D eigenvalue weighted by molar-refractivity contribution is 9.10. The van der Waals surface area contributed by atoms with E-state index >= 15 is 4.39 Å². The SMILES string of the molecule is Cn1cnnc1C1(F)CCN(c2c(Cl)cc(Br)cc2C#N)CC1. The lowest BCUT2D eigenvalue weighted by Gasteiger charge is -2.37.